The molecule has 5 heteroatoms. The van der Waals surface area contributed by atoms with E-state index in [0.29, 0.717) is 18.2 Å². The van der Waals surface area contributed by atoms with Gasteiger partial charge in [-0.15, -0.1) is 0 Å². The van der Waals surface area contributed by atoms with Gasteiger partial charge in [0, 0.05) is 37.8 Å². The van der Waals surface area contributed by atoms with Crippen molar-refractivity contribution in [1.29, 1.82) is 0 Å². The summed E-state index contributed by atoms with van der Waals surface area (Å²) in [6.45, 7) is 7.10. The smallest absolute Gasteiger partial charge is 0.123 e. The average Bonchev–Trinajstić information content (AvgIpc) is 2.43. The number of hydrogen-bond acceptors (Lipinski definition) is 4. The van der Waals surface area contributed by atoms with Gasteiger partial charge in [-0.1, -0.05) is 0 Å². The first-order valence-electron chi connectivity index (χ1n) is 7.04. The minimum atomic E-state index is -0.313. The molecule has 1 saturated heterocycles. The molecular formula is C15H23FN2O2. The van der Waals surface area contributed by atoms with E-state index in [4.69, 9.17) is 4.74 Å². The van der Waals surface area contributed by atoms with E-state index in [2.05, 4.69) is 16.7 Å². The van der Waals surface area contributed by atoms with Crippen LogP contribution in [0.15, 0.2) is 18.2 Å². The monoisotopic (exact) mass is 282 g/mol. The van der Waals surface area contributed by atoms with E-state index in [-0.39, 0.29) is 11.6 Å². The Labute approximate surface area is 119 Å². The number of phenolic OH excluding ortho intramolecular Hbond substituents is 1. The lowest BCUT2D eigenvalue weighted by Crippen LogP contribution is -2.46. The molecule has 0 amide bonds. The number of benzene rings is 1. The highest BCUT2D eigenvalue weighted by atomic mass is 19.1. The normalized spacial score (nSPS) is 18.4. The highest BCUT2D eigenvalue weighted by Gasteiger charge is 2.18. The van der Waals surface area contributed by atoms with Crippen molar-refractivity contribution in [3.63, 3.8) is 0 Å². The lowest BCUT2D eigenvalue weighted by Gasteiger charge is -2.34. The Kier molecular flexibility index (Phi) is 5.34. The van der Waals surface area contributed by atoms with Gasteiger partial charge in [0.05, 0.1) is 13.2 Å². The fourth-order valence-corrected chi connectivity index (χ4v) is 2.62. The van der Waals surface area contributed by atoms with Crippen molar-refractivity contribution in [2.24, 2.45) is 0 Å². The molecule has 1 heterocycles. The van der Waals surface area contributed by atoms with E-state index in [1.54, 1.807) is 0 Å². The van der Waals surface area contributed by atoms with Gasteiger partial charge < -0.3 is 14.7 Å². The molecule has 1 unspecified atom stereocenters. The molecule has 1 fully saturated rings. The molecular weight excluding hydrogens is 259 g/mol. The Morgan fingerprint density at radius 1 is 1.40 bits per heavy atom. The van der Waals surface area contributed by atoms with Crippen LogP contribution in [-0.4, -0.2) is 60.8 Å². The summed E-state index contributed by atoms with van der Waals surface area (Å²) < 4.78 is 18.5. The third-order valence-corrected chi connectivity index (χ3v) is 3.73. The van der Waals surface area contributed by atoms with Crippen LogP contribution in [0.5, 0.6) is 5.75 Å². The van der Waals surface area contributed by atoms with Crippen molar-refractivity contribution in [2.45, 2.75) is 19.5 Å². The molecule has 1 aromatic carbocycles. The van der Waals surface area contributed by atoms with E-state index in [1.165, 1.54) is 18.2 Å². The van der Waals surface area contributed by atoms with Gasteiger partial charge in [-0.3, -0.25) is 4.90 Å². The molecule has 0 saturated carbocycles. The maximum atomic E-state index is 13.2. The molecule has 4 nitrogen and oxygen atoms in total. The molecule has 1 aromatic rings. The zero-order valence-electron chi connectivity index (χ0n) is 12.2. The van der Waals surface area contributed by atoms with Gasteiger partial charge in [0.2, 0.25) is 0 Å². The summed E-state index contributed by atoms with van der Waals surface area (Å²) in [5.41, 5.74) is 0.627. The SMILES string of the molecule is CC(CN(C)Cc1cc(F)ccc1O)N1CCOCC1. The maximum absolute atomic E-state index is 13.2. The van der Waals surface area contributed by atoms with Gasteiger partial charge in [0.1, 0.15) is 11.6 Å². The summed E-state index contributed by atoms with van der Waals surface area (Å²) in [5.74, 6) is -0.162. The molecule has 112 valence electrons. The number of morpholine rings is 1. The third kappa shape index (κ3) is 4.16. The fourth-order valence-electron chi connectivity index (χ4n) is 2.62. The molecule has 0 aliphatic carbocycles. The van der Waals surface area contributed by atoms with Crippen molar-refractivity contribution < 1.29 is 14.2 Å². The summed E-state index contributed by atoms with van der Waals surface area (Å²) in [5, 5.41) is 9.75. The van der Waals surface area contributed by atoms with Gasteiger partial charge >= 0.3 is 0 Å². The quantitative estimate of drug-likeness (QED) is 0.891. The Morgan fingerprint density at radius 2 is 2.10 bits per heavy atom. The highest BCUT2D eigenvalue weighted by molar-refractivity contribution is 5.32. The van der Waals surface area contributed by atoms with Gasteiger partial charge in [-0.05, 0) is 32.2 Å². The number of nitrogens with zero attached hydrogens (tertiary/aromatic N) is 2. The van der Waals surface area contributed by atoms with Crippen LogP contribution in [0.4, 0.5) is 4.39 Å². The molecule has 1 aliphatic heterocycles. The van der Waals surface area contributed by atoms with Crippen molar-refractivity contribution >= 4 is 0 Å². The van der Waals surface area contributed by atoms with Crippen LogP contribution in [0.1, 0.15) is 12.5 Å². The second kappa shape index (κ2) is 7.02. The van der Waals surface area contributed by atoms with Crippen molar-refractivity contribution in [3.05, 3.63) is 29.6 Å². The van der Waals surface area contributed by atoms with E-state index < -0.39 is 0 Å². The van der Waals surface area contributed by atoms with Gasteiger partial charge in [0.15, 0.2) is 0 Å². The Hall–Kier alpha value is -1.17. The van der Waals surface area contributed by atoms with Crippen LogP contribution >= 0.6 is 0 Å². The number of ether oxygens (including phenoxy) is 1. The zero-order chi connectivity index (χ0) is 14.5. The van der Waals surface area contributed by atoms with Gasteiger partial charge in [-0.2, -0.15) is 0 Å². The highest BCUT2D eigenvalue weighted by Crippen LogP contribution is 2.19. The number of likely N-dealkylation sites (N-methyl/N-ethyl adjacent to an activating group) is 1. The number of aromatic hydroxyl groups is 1. The second-order valence-electron chi connectivity index (χ2n) is 5.47. The Bertz CT molecular complexity index is 436. The van der Waals surface area contributed by atoms with E-state index in [1.807, 2.05) is 7.05 Å². The first-order valence-corrected chi connectivity index (χ1v) is 7.04. The maximum Gasteiger partial charge on any atom is 0.123 e. The Balaban J connectivity index is 1.88. The number of phenols is 1. The average molecular weight is 282 g/mol. The van der Waals surface area contributed by atoms with Crippen LogP contribution in [0.2, 0.25) is 0 Å². The fraction of sp³-hybridized carbons (Fsp3) is 0.600. The van der Waals surface area contributed by atoms with Crippen molar-refractivity contribution in [2.75, 3.05) is 39.9 Å². The molecule has 0 radical (unpaired) electrons. The predicted molar refractivity (Wildman–Crippen MR) is 76.3 cm³/mol. The summed E-state index contributed by atoms with van der Waals surface area (Å²) in [7, 11) is 1.99. The molecule has 0 bridgehead atoms. The lowest BCUT2D eigenvalue weighted by molar-refractivity contribution is 0.0137. The largest absolute Gasteiger partial charge is 0.508 e. The number of rotatable bonds is 5. The van der Waals surface area contributed by atoms with Crippen molar-refractivity contribution in [3.8, 4) is 5.75 Å². The topological polar surface area (TPSA) is 35.9 Å². The number of halogens is 1. The molecule has 0 spiro atoms. The van der Waals surface area contributed by atoms with Gasteiger partial charge in [0.25, 0.3) is 0 Å². The molecule has 0 aromatic heterocycles. The van der Waals surface area contributed by atoms with Crippen molar-refractivity contribution in [1.82, 2.24) is 9.80 Å². The summed E-state index contributed by atoms with van der Waals surface area (Å²) in [6, 6.07) is 4.49. The number of hydrogen-bond donors (Lipinski definition) is 1. The predicted octanol–water partition coefficient (Wildman–Crippen LogP) is 1.68. The molecule has 1 aliphatic rings. The molecule has 1 N–H and O–H groups in total. The molecule has 1 atom stereocenters. The first-order chi connectivity index (χ1) is 9.56. The minimum absolute atomic E-state index is 0.150. The zero-order valence-corrected chi connectivity index (χ0v) is 12.2. The van der Waals surface area contributed by atoms with E-state index in [0.717, 1.165) is 32.8 Å². The molecule has 20 heavy (non-hydrogen) atoms. The third-order valence-electron chi connectivity index (χ3n) is 3.73. The molecule has 2 rings (SSSR count). The Morgan fingerprint density at radius 3 is 2.80 bits per heavy atom. The van der Waals surface area contributed by atoms with Crippen LogP contribution < -0.4 is 0 Å². The summed E-state index contributed by atoms with van der Waals surface area (Å²) in [6.07, 6.45) is 0. The standard InChI is InChI=1S/C15H23FN2O2/c1-12(18-5-7-20-8-6-18)10-17(2)11-13-9-14(16)3-4-15(13)19/h3-4,9,12,19H,5-8,10-11H2,1-2H3. The van der Waals surface area contributed by atoms with E-state index >= 15 is 0 Å². The van der Waals surface area contributed by atoms with Crippen LogP contribution in [0, 0.1) is 5.82 Å². The van der Waals surface area contributed by atoms with Crippen LogP contribution in [0.3, 0.4) is 0 Å². The van der Waals surface area contributed by atoms with Crippen LogP contribution in [0.25, 0.3) is 0 Å². The summed E-state index contributed by atoms with van der Waals surface area (Å²) in [4.78, 5) is 4.50. The van der Waals surface area contributed by atoms with Crippen LogP contribution in [-0.2, 0) is 11.3 Å². The minimum Gasteiger partial charge on any atom is -0.508 e. The second-order valence-corrected chi connectivity index (χ2v) is 5.47. The van der Waals surface area contributed by atoms with E-state index in [9.17, 15) is 9.50 Å². The summed E-state index contributed by atoms with van der Waals surface area (Å²) >= 11 is 0. The lowest BCUT2D eigenvalue weighted by atomic mass is 10.1. The van der Waals surface area contributed by atoms with Gasteiger partial charge in [-0.25, -0.2) is 4.39 Å². The first kappa shape index (κ1) is 15.2.